The zero-order chi connectivity index (χ0) is 12.5. The lowest BCUT2D eigenvalue weighted by Gasteiger charge is -2.26. The van der Waals surface area contributed by atoms with Crippen LogP contribution in [0.5, 0.6) is 0 Å². The van der Waals surface area contributed by atoms with E-state index < -0.39 is 0 Å². The first-order valence-corrected chi connectivity index (χ1v) is 8.24. The molecule has 0 spiro atoms. The monoisotopic (exact) mass is 250 g/mol. The van der Waals surface area contributed by atoms with Gasteiger partial charge < -0.3 is 10.2 Å². The van der Waals surface area contributed by atoms with E-state index in [4.69, 9.17) is 0 Å². The summed E-state index contributed by atoms with van der Waals surface area (Å²) >= 11 is 0. The van der Waals surface area contributed by atoms with Crippen molar-refractivity contribution in [2.45, 2.75) is 76.9 Å². The van der Waals surface area contributed by atoms with E-state index in [2.05, 4.69) is 24.1 Å². The largest absolute Gasteiger partial charge is 0.311 e. The third-order valence-corrected chi connectivity index (χ3v) is 5.18. The first kappa shape index (κ1) is 12.9. The van der Waals surface area contributed by atoms with E-state index >= 15 is 0 Å². The van der Waals surface area contributed by atoms with Crippen LogP contribution in [-0.4, -0.2) is 36.1 Å². The second-order valence-electron chi connectivity index (χ2n) is 7.12. The highest BCUT2D eigenvalue weighted by Gasteiger charge is 2.42. The Hall–Kier alpha value is -0.0800. The van der Waals surface area contributed by atoms with Crippen molar-refractivity contribution in [1.29, 1.82) is 0 Å². The molecule has 1 N–H and O–H groups in total. The van der Waals surface area contributed by atoms with Crippen molar-refractivity contribution >= 4 is 0 Å². The van der Waals surface area contributed by atoms with Crippen molar-refractivity contribution in [2.24, 2.45) is 11.8 Å². The molecule has 2 aliphatic carbocycles. The van der Waals surface area contributed by atoms with Crippen molar-refractivity contribution in [3.8, 4) is 0 Å². The van der Waals surface area contributed by atoms with Gasteiger partial charge in [-0.1, -0.05) is 0 Å². The maximum absolute atomic E-state index is 4.05. The van der Waals surface area contributed by atoms with Gasteiger partial charge in [0.2, 0.25) is 0 Å². The van der Waals surface area contributed by atoms with Crippen LogP contribution in [0.1, 0.15) is 58.8 Å². The third kappa shape index (κ3) is 3.27. The number of hydrogen-bond donors (Lipinski definition) is 1. The highest BCUT2D eigenvalue weighted by Crippen LogP contribution is 2.44. The molecule has 0 amide bonds. The van der Waals surface area contributed by atoms with Crippen LogP contribution < -0.4 is 5.32 Å². The van der Waals surface area contributed by atoms with E-state index in [-0.39, 0.29) is 0 Å². The predicted molar refractivity (Wildman–Crippen MR) is 76.7 cm³/mol. The number of hydrogen-bond acceptors (Lipinski definition) is 2. The highest BCUT2D eigenvalue weighted by molar-refractivity contribution is 4.97. The molecule has 2 heteroatoms. The van der Waals surface area contributed by atoms with Crippen LogP contribution in [0.15, 0.2) is 0 Å². The molecule has 0 radical (unpaired) electrons. The van der Waals surface area contributed by atoms with Gasteiger partial charge in [0.15, 0.2) is 0 Å². The average molecular weight is 250 g/mol. The van der Waals surface area contributed by atoms with Crippen molar-refractivity contribution in [3.05, 3.63) is 0 Å². The summed E-state index contributed by atoms with van der Waals surface area (Å²) in [7, 11) is 0. The first-order valence-electron chi connectivity index (χ1n) is 8.24. The van der Waals surface area contributed by atoms with Gasteiger partial charge in [-0.2, -0.15) is 0 Å². The van der Waals surface area contributed by atoms with Crippen molar-refractivity contribution in [1.82, 2.24) is 10.2 Å². The molecule has 0 bridgehead atoms. The van der Waals surface area contributed by atoms with Gasteiger partial charge in [0, 0.05) is 18.1 Å². The Bertz CT molecular complexity index is 256. The summed E-state index contributed by atoms with van der Waals surface area (Å²) in [6.45, 7) is 7.29. The highest BCUT2D eigenvalue weighted by atomic mass is 15.2. The van der Waals surface area contributed by atoms with Gasteiger partial charge in [-0.05, 0) is 83.7 Å². The Morgan fingerprint density at radius 3 is 2.11 bits per heavy atom. The van der Waals surface area contributed by atoms with Gasteiger partial charge in [0.25, 0.3) is 0 Å². The molecule has 3 fully saturated rings. The van der Waals surface area contributed by atoms with Gasteiger partial charge in [0.1, 0.15) is 0 Å². The standard InChI is InChI=1S/C16H30N2/c1-12(2)18-10-3-4-15(9-11-18)17-16(13-5-6-13)14-7-8-14/h12-17H,3-11H2,1-2H3. The lowest BCUT2D eigenvalue weighted by atomic mass is 10.0. The summed E-state index contributed by atoms with van der Waals surface area (Å²) in [6, 6.07) is 2.42. The molecule has 1 aliphatic heterocycles. The number of nitrogens with one attached hydrogen (secondary N) is 1. The topological polar surface area (TPSA) is 15.3 Å². The summed E-state index contributed by atoms with van der Waals surface area (Å²) in [5.74, 6) is 2.09. The van der Waals surface area contributed by atoms with Crippen LogP contribution in [0.3, 0.4) is 0 Å². The molecule has 1 heterocycles. The molecule has 104 valence electrons. The first-order chi connectivity index (χ1) is 8.74. The summed E-state index contributed by atoms with van der Waals surface area (Å²) < 4.78 is 0. The lowest BCUT2D eigenvalue weighted by Crippen LogP contribution is -2.42. The molecule has 18 heavy (non-hydrogen) atoms. The summed E-state index contributed by atoms with van der Waals surface area (Å²) in [4.78, 5) is 2.66. The van der Waals surface area contributed by atoms with Crippen LogP contribution in [0.25, 0.3) is 0 Å². The number of likely N-dealkylation sites (tertiary alicyclic amines) is 1. The zero-order valence-corrected chi connectivity index (χ0v) is 12.2. The second kappa shape index (κ2) is 5.50. The maximum Gasteiger partial charge on any atom is 0.0126 e. The molecule has 2 nitrogen and oxygen atoms in total. The van der Waals surface area contributed by atoms with Gasteiger partial charge in [0.05, 0.1) is 0 Å². The van der Waals surface area contributed by atoms with E-state index in [0.717, 1.165) is 30.0 Å². The molecular weight excluding hydrogens is 220 g/mol. The number of nitrogens with zero attached hydrogens (tertiary/aromatic N) is 1. The number of rotatable bonds is 5. The smallest absolute Gasteiger partial charge is 0.0126 e. The van der Waals surface area contributed by atoms with Crippen LogP contribution in [0.2, 0.25) is 0 Å². The van der Waals surface area contributed by atoms with E-state index in [1.807, 2.05) is 0 Å². The minimum absolute atomic E-state index is 0.728. The minimum Gasteiger partial charge on any atom is -0.311 e. The maximum atomic E-state index is 4.05. The van der Waals surface area contributed by atoms with E-state index in [9.17, 15) is 0 Å². The average Bonchev–Trinajstić information content (AvgIpc) is 3.20. The SMILES string of the molecule is CC(C)N1CCCC(NC(C2CC2)C2CC2)CC1. The van der Waals surface area contributed by atoms with Crippen molar-refractivity contribution in [3.63, 3.8) is 0 Å². The third-order valence-electron chi connectivity index (χ3n) is 5.18. The zero-order valence-electron chi connectivity index (χ0n) is 12.2. The fourth-order valence-corrected chi connectivity index (χ4v) is 3.64. The molecule has 0 aromatic carbocycles. The quantitative estimate of drug-likeness (QED) is 0.807. The Morgan fingerprint density at radius 2 is 1.56 bits per heavy atom. The van der Waals surface area contributed by atoms with Gasteiger partial charge in [-0.25, -0.2) is 0 Å². The van der Waals surface area contributed by atoms with Crippen molar-refractivity contribution in [2.75, 3.05) is 13.1 Å². The fraction of sp³-hybridized carbons (Fsp3) is 1.00. The van der Waals surface area contributed by atoms with Crippen LogP contribution in [0.4, 0.5) is 0 Å². The Kier molecular flexibility index (Phi) is 3.95. The molecule has 2 saturated carbocycles. The summed E-state index contributed by atoms with van der Waals surface area (Å²) in [6.07, 6.45) is 10.2. The molecule has 0 aromatic rings. The molecule has 0 aromatic heterocycles. The normalized spacial score (nSPS) is 31.0. The summed E-state index contributed by atoms with van der Waals surface area (Å²) in [5.41, 5.74) is 0. The second-order valence-corrected chi connectivity index (χ2v) is 7.12. The minimum atomic E-state index is 0.728. The van der Waals surface area contributed by atoms with E-state index in [1.54, 1.807) is 0 Å². The Balaban J connectivity index is 1.49. The van der Waals surface area contributed by atoms with Crippen LogP contribution in [-0.2, 0) is 0 Å². The summed E-state index contributed by atoms with van der Waals surface area (Å²) in [5, 5.41) is 4.05. The molecule has 3 rings (SSSR count). The van der Waals surface area contributed by atoms with Gasteiger partial charge >= 0.3 is 0 Å². The Morgan fingerprint density at radius 1 is 0.889 bits per heavy atom. The van der Waals surface area contributed by atoms with E-state index in [1.165, 1.54) is 58.0 Å². The van der Waals surface area contributed by atoms with Crippen LogP contribution >= 0.6 is 0 Å². The lowest BCUT2D eigenvalue weighted by molar-refractivity contribution is 0.227. The molecule has 1 atom stereocenters. The predicted octanol–water partition coefficient (Wildman–Crippen LogP) is 3.03. The van der Waals surface area contributed by atoms with Crippen LogP contribution in [0, 0.1) is 11.8 Å². The molecule has 1 saturated heterocycles. The molecule has 1 unspecified atom stereocenters. The van der Waals surface area contributed by atoms with Gasteiger partial charge in [-0.3, -0.25) is 0 Å². The van der Waals surface area contributed by atoms with E-state index in [0.29, 0.717) is 0 Å². The molecular formula is C16H30N2. The van der Waals surface area contributed by atoms with Gasteiger partial charge in [-0.15, -0.1) is 0 Å². The Labute approximate surface area is 113 Å². The molecule has 3 aliphatic rings. The fourth-order valence-electron chi connectivity index (χ4n) is 3.64. The van der Waals surface area contributed by atoms with Crippen molar-refractivity contribution < 1.29 is 0 Å².